The van der Waals surface area contributed by atoms with Crippen molar-refractivity contribution in [3.05, 3.63) is 88.5 Å². The molecule has 3 aromatic carbocycles. The van der Waals surface area contributed by atoms with Crippen molar-refractivity contribution < 1.29 is 13.9 Å². The number of nitrogens with zero attached hydrogens (tertiary/aromatic N) is 2. The SMILES string of the molecule is COc1ccc(-c2nc3ccccc3c(=O)n2Cc2cccc(F)c2)cc1OC. The number of methoxy groups -OCH3 is 2. The van der Waals surface area contributed by atoms with E-state index < -0.39 is 0 Å². The number of fused-ring (bicyclic) bond motifs is 1. The Morgan fingerprint density at radius 3 is 2.48 bits per heavy atom. The maximum atomic E-state index is 13.7. The predicted octanol–water partition coefficient (Wildman–Crippen LogP) is 4.27. The molecule has 0 fully saturated rings. The lowest BCUT2D eigenvalue weighted by molar-refractivity contribution is 0.355. The van der Waals surface area contributed by atoms with E-state index in [9.17, 15) is 9.18 Å². The summed E-state index contributed by atoms with van der Waals surface area (Å²) in [7, 11) is 3.11. The Morgan fingerprint density at radius 2 is 1.72 bits per heavy atom. The Morgan fingerprint density at radius 1 is 0.931 bits per heavy atom. The van der Waals surface area contributed by atoms with Crippen LogP contribution in [0.1, 0.15) is 5.56 Å². The van der Waals surface area contributed by atoms with Crippen molar-refractivity contribution in [2.75, 3.05) is 14.2 Å². The molecule has 146 valence electrons. The average molecular weight is 390 g/mol. The van der Waals surface area contributed by atoms with Gasteiger partial charge < -0.3 is 9.47 Å². The fraction of sp³-hybridized carbons (Fsp3) is 0.130. The molecule has 0 aliphatic rings. The largest absolute Gasteiger partial charge is 0.493 e. The van der Waals surface area contributed by atoms with Crippen LogP contribution >= 0.6 is 0 Å². The van der Waals surface area contributed by atoms with Crippen molar-refractivity contribution in [2.24, 2.45) is 0 Å². The molecule has 0 spiro atoms. The molecule has 0 bridgehead atoms. The van der Waals surface area contributed by atoms with E-state index in [-0.39, 0.29) is 17.9 Å². The first-order valence-electron chi connectivity index (χ1n) is 9.07. The van der Waals surface area contributed by atoms with Crippen LogP contribution in [0.2, 0.25) is 0 Å². The van der Waals surface area contributed by atoms with E-state index in [1.165, 1.54) is 12.1 Å². The number of aromatic nitrogens is 2. The summed E-state index contributed by atoms with van der Waals surface area (Å²) in [5, 5.41) is 0.508. The van der Waals surface area contributed by atoms with Crippen LogP contribution in [0.5, 0.6) is 11.5 Å². The molecule has 0 aliphatic carbocycles. The molecule has 1 heterocycles. The zero-order valence-electron chi connectivity index (χ0n) is 16.1. The third-order valence-corrected chi connectivity index (χ3v) is 4.73. The highest BCUT2D eigenvalue weighted by molar-refractivity contribution is 5.80. The molecule has 0 amide bonds. The van der Waals surface area contributed by atoms with Gasteiger partial charge in [0, 0.05) is 5.56 Å². The minimum atomic E-state index is -0.350. The standard InChI is InChI=1S/C23H19FN2O3/c1-28-20-11-10-16(13-21(20)29-2)22-25-19-9-4-3-8-18(19)23(27)26(22)14-15-6-5-7-17(24)12-15/h3-13H,14H2,1-2H3. The Bertz CT molecular complexity index is 1250. The smallest absolute Gasteiger partial charge is 0.261 e. The van der Waals surface area contributed by atoms with E-state index in [2.05, 4.69) is 0 Å². The second kappa shape index (κ2) is 7.75. The van der Waals surface area contributed by atoms with E-state index in [4.69, 9.17) is 14.5 Å². The van der Waals surface area contributed by atoms with E-state index in [0.29, 0.717) is 39.4 Å². The molecule has 0 unspecified atom stereocenters. The molecule has 6 heteroatoms. The van der Waals surface area contributed by atoms with Gasteiger partial charge in [-0.1, -0.05) is 24.3 Å². The van der Waals surface area contributed by atoms with Gasteiger partial charge >= 0.3 is 0 Å². The first kappa shape index (κ1) is 18.7. The molecule has 0 radical (unpaired) electrons. The van der Waals surface area contributed by atoms with Crippen molar-refractivity contribution in [1.82, 2.24) is 9.55 Å². The summed E-state index contributed by atoms with van der Waals surface area (Å²) in [5.74, 6) is 1.23. The molecule has 0 aliphatic heterocycles. The van der Waals surface area contributed by atoms with Crippen LogP contribution in [0.3, 0.4) is 0 Å². The van der Waals surface area contributed by atoms with Crippen molar-refractivity contribution in [3.8, 4) is 22.9 Å². The predicted molar refractivity (Wildman–Crippen MR) is 110 cm³/mol. The summed E-state index contributed by atoms with van der Waals surface area (Å²) in [6.45, 7) is 0.193. The van der Waals surface area contributed by atoms with E-state index in [0.717, 1.165) is 0 Å². The fourth-order valence-corrected chi connectivity index (χ4v) is 3.33. The second-order valence-electron chi connectivity index (χ2n) is 6.54. The molecule has 0 atom stereocenters. The molecule has 0 saturated heterocycles. The molecule has 29 heavy (non-hydrogen) atoms. The van der Waals surface area contributed by atoms with Gasteiger partial charge in [-0.05, 0) is 48.0 Å². The van der Waals surface area contributed by atoms with Crippen LogP contribution in [-0.2, 0) is 6.54 Å². The minimum Gasteiger partial charge on any atom is -0.493 e. The molecule has 0 saturated carbocycles. The Labute approximate surface area is 167 Å². The second-order valence-corrected chi connectivity index (χ2v) is 6.54. The summed E-state index contributed by atoms with van der Waals surface area (Å²) in [6, 6.07) is 18.7. The maximum Gasteiger partial charge on any atom is 0.261 e. The van der Waals surface area contributed by atoms with Crippen LogP contribution in [0.4, 0.5) is 4.39 Å². The minimum absolute atomic E-state index is 0.190. The first-order chi connectivity index (χ1) is 14.1. The topological polar surface area (TPSA) is 53.3 Å². The summed E-state index contributed by atoms with van der Waals surface area (Å²) in [6.07, 6.45) is 0. The summed E-state index contributed by atoms with van der Waals surface area (Å²) in [4.78, 5) is 18.0. The zero-order chi connectivity index (χ0) is 20.4. The number of hydrogen-bond acceptors (Lipinski definition) is 4. The maximum absolute atomic E-state index is 13.7. The van der Waals surface area contributed by atoms with E-state index in [1.54, 1.807) is 61.3 Å². The Hall–Kier alpha value is -3.67. The molecule has 4 aromatic rings. The van der Waals surface area contributed by atoms with Crippen LogP contribution in [-0.4, -0.2) is 23.8 Å². The van der Waals surface area contributed by atoms with Gasteiger partial charge in [-0.25, -0.2) is 9.37 Å². The molecule has 5 nitrogen and oxygen atoms in total. The number of benzene rings is 3. The van der Waals surface area contributed by atoms with Crippen molar-refractivity contribution >= 4 is 10.9 Å². The van der Waals surface area contributed by atoms with Gasteiger partial charge in [-0.15, -0.1) is 0 Å². The third-order valence-electron chi connectivity index (χ3n) is 4.73. The van der Waals surface area contributed by atoms with E-state index in [1.807, 2.05) is 12.1 Å². The highest BCUT2D eigenvalue weighted by atomic mass is 19.1. The number of rotatable bonds is 5. The summed E-state index contributed by atoms with van der Waals surface area (Å²) in [5.41, 5.74) is 1.77. The van der Waals surface area contributed by atoms with Gasteiger partial charge in [-0.2, -0.15) is 0 Å². The van der Waals surface area contributed by atoms with Crippen molar-refractivity contribution in [3.63, 3.8) is 0 Å². The fourth-order valence-electron chi connectivity index (χ4n) is 3.33. The Kier molecular flexibility index (Phi) is 4.99. The number of hydrogen-bond donors (Lipinski definition) is 0. The van der Waals surface area contributed by atoms with Gasteiger partial charge in [0.15, 0.2) is 11.5 Å². The molecular formula is C23H19FN2O3. The van der Waals surface area contributed by atoms with Crippen molar-refractivity contribution in [1.29, 1.82) is 0 Å². The van der Waals surface area contributed by atoms with Gasteiger partial charge in [0.05, 0.1) is 31.7 Å². The van der Waals surface area contributed by atoms with Gasteiger partial charge in [0.2, 0.25) is 0 Å². The van der Waals surface area contributed by atoms with Crippen LogP contribution in [0.25, 0.3) is 22.3 Å². The third kappa shape index (κ3) is 3.57. The average Bonchev–Trinajstić information content (AvgIpc) is 2.75. The lowest BCUT2D eigenvalue weighted by Crippen LogP contribution is -2.24. The highest BCUT2D eigenvalue weighted by Crippen LogP contribution is 2.32. The number of halogens is 1. The normalized spacial score (nSPS) is 10.9. The lowest BCUT2D eigenvalue weighted by atomic mass is 10.1. The molecule has 1 aromatic heterocycles. The summed E-state index contributed by atoms with van der Waals surface area (Å²) >= 11 is 0. The number of para-hydroxylation sites is 1. The van der Waals surface area contributed by atoms with Crippen molar-refractivity contribution in [2.45, 2.75) is 6.54 Å². The lowest BCUT2D eigenvalue weighted by Gasteiger charge is -2.15. The molecule has 4 rings (SSSR count). The molecular weight excluding hydrogens is 371 g/mol. The Balaban J connectivity index is 1.96. The quantitative estimate of drug-likeness (QED) is 0.511. The van der Waals surface area contributed by atoms with Crippen LogP contribution in [0.15, 0.2) is 71.5 Å². The van der Waals surface area contributed by atoms with Gasteiger partial charge in [0.25, 0.3) is 5.56 Å². The zero-order valence-corrected chi connectivity index (χ0v) is 16.1. The van der Waals surface area contributed by atoms with Crippen LogP contribution < -0.4 is 15.0 Å². The number of ether oxygens (including phenoxy) is 2. The van der Waals surface area contributed by atoms with Gasteiger partial charge in [-0.3, -0.25) is 9.36 Å². The first-order valence-corrected chi connectivity index (χ1v) is 9.07. The highest BCUT2D eigenvalue weighted by Gasteiger charge is 2.15. The van der Waals surface area contributed by atoms with E-state index >= 15 is 0 Å². The molecule has 0 N–H and O–H groups in total. The van der Waals surface area contributed by atoms with Gasteiger partial charge in [0.1, 0.15) is 11.6 Å². The monoisotopic (exact) mass is 390 g/mol. The summed E-state index contributed by atoms with van der Waals surface area (Å²) < 4.78 is 26.0. The van der Waals surface area contributed by atoms with Crippen LogP contribution in [0, 0.1) is 5.82 Å².